The number of hydrogen-bond acceptors (Lipinski definition) is 3. The van der Waals surface area contributed by atoms with Gasteiger partial charge in [-0.15, -0.1) is 11.3 Å². The van der Waals surface area contributed by atoms with Crippen LogP contribution in [0.1, 0.15) is 20.0 Å². The van der Waals surface area contributed by atoms with Crippen molar-refractivity contribution in [2.24, 2.45) is 0 Å². The minimum atomic E-state index is -0.263. The van der Waals surface area contributed by atoms with E-state index in [1.54, 1.807) is 18.2 Å². The second-order valence-corrected chi connectivity index (χ2v) is 7.13. The van der Waals surface area contributed by atoms with E-state index in [-0.39, 0.29) is 11.8 Å². The second kappa shape index (κ2) is 7.59. The summed E-state index contributed by atoms with van der Waals surface area (Å²) in [4.78, 5) is 25.5. The number of anilines is 2. The lowest BCUT2D eigenvalue weighted by atomic mass is 10.1. The van der Waals surface area contributed by atoms with Crippen LogP contribution in [0.4, 0.5) is 11.4 Å². The van der Waals surface area contributed by atoms with Crippen molar-refractivity contribution in [1.82, 2.24) is 0 Å². The average Bonchev–Trinajstić information content (AvgIpc) is 3.12. The van der Waals surface area contributed by atoms with Crippen LogP contribution in [0.3, 0.4) is 0 Å². The van der Waals surface area contributed by atoms with E-state index in [2.05, 4.69) is 33.2 Å². The average molecular weight is 448 g/mol. The van der Waals surface area contributed by atoms with Gasteiger partial charge in [-0.25, -0.2) is 0 Å². The number of thiophene rings is 1. The lowest BCUT2D eigenvalue weighted by molar-refractivity contribution is 0.102. The number of hydrogen-bond donors (Lipinski definition) is 2. The molecule has 3 aromatic rings. The summed E-state index contributed by atoms with van der Waals surface area (Å²) >= 11 is 3.50. The highest BCUT2D eigenvalue weighted by molar-refractivity contribution is 14.1. The molecule has 1 heterocycles. The maximum atomic E-state index is 12.6. The summed E-state index contributed by atoms with van der Waals surface area (Å²) in [5.74, 6) is -0.485. The SMILES string of the molecule is O=C(Nc1ccc(I)cc1C(=O)Nc1ccccc1)c1cccs1. The quantitative estimate of drug-likeness (QED) is 0.561. The molecule has 0 atom stereocenters. The molecule has 0 bridgehead atoms. The first kappa shape index (κ1) is 16.7. The molecule has 0 aliphatic carbocycles. The molecule has 3 rings (SSSR count). The predicted molar refractivity (Wildman–Crippen MR) is 106 cm³/mol. The standard InChI is InChI=1S/C18H13IN2O2S/c19-12-8-9-15(21-18(23)16-7-4-10-24-16)14(11-12)17(22)20-13-5-2-1-3-6-13/h1-11H,(H,20,22)(H,21,23). The van der Waals surface area contributed by atoms with Crippen molar-refractivity contribution in [3.05, 3.63) is 80.1 Å². The van der Waals surface area contributed by atoms with Crippen molar-refractivity contribution in [2.45, 2.75) is 0 Å². The Morgan fingerprint density at radius 3 is 2.38 bits per heavy atom. The van der Waals surface area contributed by atoms with E-state index in [9.17, 15) is 9.59 Å². The summed E-state index contributed by atoms with van der Waals surface area (Å²) in [5.41, 5.74) is 1.62. The number of halogens is 1. The summed E-state index contributed by atoms with van der Waals surface area (Å²) in [6.07, 6.45) is 0. The van der Waals surface area contributed by atoms with Crippen molar-refractivity contribution in [1.29, 1.82) is 0 Å². The Bertz CT molecular complexity index is 864. The van der Waals surface area contributed by atoms with Gasteiger partial charge in [-0.05, 0) is 64.4 Å². The van der Waals surface area contributed by atoms with Crippen LogP contribution >= 0.6 is 33.9 Å². The lowest BCUT2D eigenvalue weighted by Gasteiger charge is -2.12. The predicted octanol–water partition coefficient (Wildman–Crippen LogP) is 4.86. The van der Waals surface area contributed by atoms with Crippen LogP contribution in [0.5, 0.6) is 0 Å². The van der Waals surface area contributed by atoms with E-state index in [1.807, 2.05) is 47.8 Å². The first-order valence-electron chi connectivity index (χ1n) is 7.14. The Morgan fingerprint density at radius 2 is 1.67 bits per heavy atom. The molecule has 2 N–H and O–H groups in total. The lowest BCUT2D eigenvalue weighted by Crippen LogP contribution is -2.18. The third-order valence-electron chi connectivity index (χ3n) is 3.25. The molecule has 0 saturated carbocycles. The molecule has 6 heteroatoms. The van der Waals surface area contributed by atoms with Crippen molar-refractivity contribution >= 4 is 57.1 Å². The number of carbonyl (C=O) groups excluding carboxylic acids is 2. The van der Waals surface area contributed by atoms with E-state index >= 15 is 0 Å². The Kier molecular flexibility index (Phi) is 5.27. The Labute approximate surface area is 157 Å². The molecule has 0 fully saturated rings. The van der Waals surface area contributed by atoms with E-state index < -0.39 is 0 Å². The van der Waals surface area contributed by atoms with Crippen LogP contribution in [0, 0.1) is 3.57 Å². The van der Waals surface area contributed by atoms with Crippen LogP contribution < -0.4 is 10.6 Å². The van der Waals surface area contributed by atoms with Crippen LogP contribution in [0.25, 0.3) is 0 Å². The molecule has 0 aliphatic heterocycles. The molecule has 0 radical (unpaired) electrons. The maximum Gasteiger partial charge on any atom is 0.265 e. The van der Waals surface area contributed by atoms with Crippen molar-refractivity contribution in [3.8, 4) is 0 Å². The van der Waals surface area contributed by atoms with Crippen molar-refractivity contribution in [2.75, 3.05) is 10.6 Å². The Morgan fingerprint density at radius 1 is 0.875 bits per heavy atom. The largest absolute Gasteiger partial charge is 0.322 e. The summed E-state index contributed by atoms with van der Waals surface area (Å²) in [7, 11) is 0. The smallest absolute Gasteiger partial charge is 0.265 e. The van der Waals surface area contributed by atoms with Gasteiger partial charge in [-0.2, -0.15) is 0 Å². The van der Waals surface area contributed by atoms with Gasteiger partial charge in [0.05, 0.1) is 16.1 Å². The topological polar surface area (TPSA) is 58.2 Å². The van der Waals surface area contributed by atoms with Gasteiger partial charge in [0.1, 0.15) is 0 Å². The summed E-state index contributed by atoms with van der Waals surface area (Å²) in [6.45, 7) is 0. The number of carbonyl (C=O) groups is 2. The van der Waals surface area contributed by atoms with Crippen LogP contribution in [0.2, 0.25) is 0 Å². The molecule has 24 heavy (non-hydrogen) atoms. The first-order valence-corrected chi connectivity index (χ1v) is 9.10. The summed E-state index contributed by atoms with van der Waals surface area (Å²) in [5, 5.41) is 7.50. The van der Waals surface area contributed by atoms with Crippen LogP contribution in [-0.2, 0) is 0 Å². The maximum absolute atomic E-state index is 12.6. The monoisotopic (exact) mass is 448 g/mol. The normalized spacial score (nSPS) is 10.2. The third-order valence-corrected chi connectivity index (χ3v) is 4.79. The van der Waals surface area contributed by atoms with Gasteiger partial charge in [0.25, 0.3) is 11.8 Å². The molecule has 0 unspecified atom stereocenters. The van der Waals surface area contributed by atoms with Gasteiger partial charge in [-0.1, -0.05) is 24.3 Å². The fraction of sp³-hybridized carbons (Fsp3) is 0. The minimum Gasteiger partial charge on any atom is -0.322 e. The van der Waals surface area contributed by atoms with Gasteiger partial charge in [0.15, 0.2) is 0 Å². The zero-order chi connectivity index (χ0) is 16.9. The van der Waals surface area contributed by atoms with Gasteiger partial charge < -0.3 is 10.6 Å². The first-order chi connectivity index (χ1) is 11.6. The van der Waals surface area contributed by atoms with Gasteiger partial charge in [0.2, 0.25) is 0 Å². The molecule has 0 saturated heterocycles. The van der Waals surface area contributed by atoms with Gasteiger partial charge in [0, 0.05) is 9.26 Å². The van der Waals surface area contributed by atoms with Crippen molar-refractivity contribution < 1.29 is 9.59 Å². The van der Waals surface area contributed by atoms with Crippen molar-refractivity contribution in [3.63, 3.8) is 0 Å². The van der Waals surface area contributed by atoms with E-state index in [4.69, 9.17) is 0 Å². The molecular formula is C18H13IN2O2S. The second-order valence-electron chi connectivity index (χ2n) is 4.94. The fourth-order valence-electron chi connectivity index (χ4n) is 2.12. The van der Waals surface area contributed by atoms with E-state index in [0.29, 0.717) is 21.8 Å². The van der Waals surface area contributed by atoms with Gasteiger partial charge >= 0.3 is 0 Å². The van der Waals surface area contributed by atoms with E-state index in [0.717, 1.165) is 3.57 Å². The Balaban J connectivity index is 1.85. The van der Waals surface area contributed by atoms with Crippen LogP contribution in [-0.4, -0.2) is 11.8 Å². The van der Waals surface area contributed by atoms with E-state index in [1.165, 1.54) is 11.3 Å². The highest BCUT2D eigenvalue weighted by Crippen LogP contribution is 2.22. The molecule has 1 aromatic heterocycles. The highest BCUT2D eigenvalue weighted by atomic mass is 127. The molecule has 4 nitrogen and oxygen atoms in total. The van der Waals surface area contributed by atoms with Gasteiger partial charge in [-0.3, -0.25) is 9.59 Å². The number of nitrogens with one attached hydrogen (secondary N) is 2. The number of rotatable bonds is 4. The number of para-hydroxylation sites is 1. The fourth-order valence-corrected chi connectivity index (χ4v) is 3.24. The van der Waals surface area contributed by atoms with Crippen LogP contribution in [0.15, 0.2) is 66.0 Å². The summed E-state index contributed by atoms with van der Waals surface area (Å²) in [6, 6.07) is 18.1. The molecule has 0 spiro atoms. The Hall–Kier alpha value is -2.19. The zero-order valence-electron chi connectivity index (χ0n) is 12.5. The summed E-state index contributed by atoms with van der Waals surface area (Å²) < 4.78 is 0.917. The zero-order valence-corrected chi connectivity index (χ0v) is 15.4. The highest BCUT2D eigenvalue weighted by Gasteiger charge is 2.15. The molecule has 0 aliphatic rings. The minimum absolute atomic E-state index is 0.222. The molecule has 120 valence electrons. The molecular weight excluding hydrogens is 435 g/mol. The number of benzene rings is 2. The molecule has 2 aromatic carbocycles. The third kappa shape index (κ3) is 4.01. The number of amides is 2. The molecule has 2 amide bonds.